The molecule has 0 fully saturated rings. The summed E-state index contributed by atoms with van der Waals surface area (Å²) in [6, 6.07) is 0. The summed E-state index contributed by atoms with van der Waals surface area (Å²) in [6.45, 7) is -3.28. The monoisotopic (exact) mass is 235 g/mol. The maximum Gasteiger partial charge on any atom is 0.574 e. The predicted molar refractivity (Wildman–Crippen MR) is 34.0 cm³/mol. The van der Waals surface area contributed by atoms with Crippen LogP contribution in [0.1, 0.15) is 6.55 Å². The lowest BCUT2D eigenvalue weighted by Crippen LogP contribution is -2.20. The highest BCUT2D eigenvalue weighted by Crippen LogP contribution is 2.32. The van der Waals surface area contributed by atoms with Gasteiger partial charge < -0.3 is 4.74 Å². The van der Waals surface area contributed by atoms with Gasteiger partial charge in [-0.3, -0.25) is 0 Å². The summed E-state index contributed by atoms with van der Waals surface area (Å²) in [5.41, 5.74) is 0. The van der Waals surface area contributed by atoms with Crippen LogP contribution in [0.3, 0.4) is 0 Å². The molecule has 0 amide bonds. The Bertz CT molecular complexity index is 322. The Hall–Kier alpha value is -1.05. The smallest absolute Gasteiger partial charge is 0.386 e. The normalized spacial score (nSPS) is 12.2. The fraction of sp³-hybridized carbons (Fsp3) is 0.400. The van der Waals surface area contributed by atoms with Crippen molar-refractivity contribution in [3.8, 4) is 5.88 Å². The van der Waals surface area contributed by atoms with Crippen LogP contribution in [-0.2, 0) is 0 Å². The SMILES string of the molecule is FC(F)n1n[c]c(Cl)c1OC(F)(F)F. The van der Waals surface area contributed by atoms with Gasteiger partial charge in [0.05, 0.1) is 0 Å². The molecule has 9 heteroatoms. The van der Waals surface area contributed by atoms with Gasteiger partial charge in [-0.2, -0.15) is 18.6 Å². The molecule has 0 spiro atoms. The third-order valence-corrected chi connectivity index (χ3v) is 1.30. The Morgan fingerprint density at radius 3 is 2.43 bits per heavy atom. The molecule has 0 atom stereocenters. The average Bonchev–Trinajstić information content (AvgIpc) is 2.29. The number of rotatable bonds is 2. The molecule has 0 aliphatic heterocycles. The topological polar surface area (TPSA) is 27.1 Å². The fourth-order valence-electron chi connectivity index (χ4n) is 0.625. The minimum atomic E-state index is -5.11. The molecule has 1 heterocycles. The van der Waals surface area contributed by atoms with E-state index >= 15 is 0 Å². The molecule has 0 unspecified atom stereocenters. The summed E-state index contributed by atoms with van der Waals surface area (Å²) < 4.78 is 61.9. The predicted octanol–water partition coefficient (Wildman–Crippen LogP) is 2.63. The highest BCUT2D eigenvalue weighted by molar-refractivity contribution is 6.31. The van der Waals surface area contributed by atoms with Crippen molar-refractivity contribution in [3.05, 3.63) is 11.2 Å². The third kappa shape index (κ3) is 2.47. The van der Waals surface area contributed by atoms with E-state index in [0.717, 1.165) is 0 Å². The van der Waals surface area contributed by atoms with Crippen molar-refractivity contribution in [1.29, 1.82) is 0 Å². The van der Waals surface area contributed by atoms with Gasteiger partial charge in [0.15, 0.2) is 0 Å². The van der Waals surface area contributed by atoms with Crippen molar-refractivity contribution in [2.75, 3.05) is 0 Å². The Morgan fingerprint density at radius 1 is 1.43 bits per heavy atom. The second-order valence-electron chi connectivity index (χ2n) is 2.00. The summed E-state index contributed by atoms with van der Waals surface area (Å²) in [4.78, 5) is 0. The van der Waals surface area contributed by atoms with E-state index in [0.29, 0.717) is 0 Å². The molecule has 1 aromatic heterocycles. The molecule has 1 radical (unpaired) electrons. The number of nitrogens with zero attached hydrogens (tertiary/aromatic N) is 2. The minimum absolute atomic E-state index is 0.324. The van der Waals surface area contributed by atoms with Crippen LogP contribution in [0.25, 0.3) is 0 Å². The molecule has 0 bridgehead atoms. The Morgan fingerprint density at radius 2 is 2.00 bits per heavy atom. The van der Waals surface area contributed by atoms with Gasteiger partial charge in [0, 0.05) is 0 Å². The average molecular weight is 236 g/mol. The first-order chi connectivity index (χ1) is 6.31. The number of hydrogen-bond acceptors (Lipinski definition) is 2. The van der Waals surface area contributed by atoms with E-state index in [1.165, 1.54) is 0 Å². The summed E-state index contributed by atoms with van der Waals surface area (Å²) in [7, 11) is 0. The lowest BCUT2D eigenvalue weighted by molar-refractivity contribution is -0.278. The van der Waals surface area contributed by atoms with Crippen molar-refractivity contribution >= 4 is 11.6 Å². The molecule has 0 aliphatic rings. The second-order valence-corrected chi connectivity index (χ2v) is 2.38. The standard InChI is InChI=1S/C5HClF5N2O/c6-2-1-12-13(4(7)8)3(2)14-5(9,10)11/h4H. The van der Waals surface area contributed by atoms with Crippen LogP contribution in [0.4, 0.5) is 22.0 Å². The van der Waals surface area contributed by atoms with Crippen molar-refractivity contribution in [3.63, 3.8) is 0 Å². The highest BCUT2D eigenvalue weighted by atomic mass is 35.5. The van der Waals surface area contributed by atoms with Crippen molar-refractivity contribution in [2.24, 2.45) is 0 Å². The lowest BCUT2D eigenvalue weighted by Gasteiger charge is -2.10. The van der Waals surface area contributed by atoms with Crippen molar-refractivity contribution in [1.82, 2.24) is 9.78 Å². The molecule has 0 N–H and O–H groups in total. The van der Waals surface area contributed by atoms with Crippen LogP contribution < -0.4 is 4.74 Å². The molecule has 0 aromatic carbocycles. The first kappa shape index (κ1) is 11.0. The lowest BCUT2D eigenvalue weighted by atomic mass is 10.7. The molecule has 0 aliphatic carbocycles. The third-order valence-electron chi connectivity index (χ3n) is 1.05. The van der Waals surface area contributed by atoms with E-state index < -0.39 is 23.8 Å². The highest BCUT2D eigenvalue weighted by Gasteiger charge is 2.35. The van der Waals surface area contributed by atoms with E-state index in [2.05, 4.69) is 9.84 Å². The van der Waals surface area contributed by atoms with Crippen molar-refractivity contribution in [2.45, 2.75) is 12.9 Å². The largest absolute Gasteiger partial charge is 0.574 e. The number of aromatic nitrogens is 2. The summed E-state index contributed by atoms with van der Waals surface area (Å²) in [5, 5.41) is 2.02. The molecular weight excluding hydrogens is 235 g/mol. The van der Waals surface area contributed by atoms with Gasteiger partial charge in [0.1, 0.15) is 11.2 Å². The molecular formula is C5HClF5N2O. The van der Waals surface area contributed by atoms with Gasteiger partial charge in [-0.25, -0.2) is 0 Å². The number of halogens is 6. The number of alkyl halides is 5. The van der Waals surface area contributed by atoms with Gasteiger partial charge in [-0.1, -0.05) is 11.6 Å². The van der Waals surface area contributed by atoms with Crippen LogP contribution in [-0.4, -0.2) is 16.1 Å². The summed E-state index contributed by atoms with van der Waals surface area (Å²) in [6.07, 6.45) is -3.39. The zero-order valence-corrected chi connectivity index (χ0v) is 6.90. The van der Waals surface area contributed by atoms with Crippen LogP contribution >= 0.6 is 11.6 Å². The Labute approximate surface area is 79.0 Å². The van der Waals surface area contributed by atoms with Gasteiger partial charge in [0.25, 0.3) is 0 Å². The minimum Gasteiger partial charge on any atom is -0.386 e. The zero-order chi connectivity index (χ0) is 10.9. The maximum atomic E-state index is 12.0. The molecule has 3 nitrogen and oxygen atoms in total. The van der Waals surface area contributed by atoms with E-state index in [-0.39, 0.29) is 4.68 Å². The van der Waals surface area contributed by atoms with Gasteiger partial charge in [-0.05, 0) is 0 Å². The van der Waals surface area contributed by atoms with E-state index in [9.17, 15) is 22.0 Å². The molecule has 0 saturated heterocycles. The van der Waals surface area contributed by atoms with Gasteiger partial charge in [0.2, 0.25) is 5.88 Å². The Kier molecular flexibility index (Phi) is 2.84. The zero-order valence-electron chi connectivity index (χ0n) is 6.15. The van der Waals surface area contributed by atoms with Crippen molar-refractivity contribution < 1.29 is 26.7 Å². The first-order valence-corrected chi connectivity index (χ1v) is 3.38. The molecule has 1 aromatic rings. The van der Waals surface area contributed by atoms with Gasteiger partial charge in [-0.15, -0.1) is 13.2 Å². The van der Waals surface area contributed by atoms with Gasteiger partial charge >= 0.3 is 12.9 Å². The number of ether oxygens (including phenoxy) is 1. The molecule has 1 rings (SSSR count). The molecule has 79 valence electrons. The van der Waals surface area contributed by atoms with Crippen LogP contribution in [0.15, 0.2) is 0 Å². The van der Waals surface area contributed by atoms with Crippen LogP contribution in [0.2, 0.25) is 5.02 Å². The van der Waals surface area contributed by atoms with E-state index in [1.54, 1.807) is 6.20 Å². The quantitative estimate of drug-likeness (QED) is 0.737. The molecule has 14 heavy (non-hydrogen) atoms. The van der Waals surface area contributed by atoms with Crippen LogP contribution in [0.5, 0.6) is 5.88 Å². The second kappa shape index (κ2) is 3.60. The van der Waals surface area contributed by atoms with E-state index in [4.69, 9.17) is 11.6 Å². The summed E-state index contributed by atoms with van der Waals surface area (Å²) in [5.74, 6) is -1.28. The van der Waals surface area contributed by atoms with Crippen LogP contribution in [0, 0.1) is 6.20 Å². The first-order valence-electron chi connectivity index (χ1n) is 3.01. The molecule has 0 saturated carbocycles. The fourth-order valence-corrected chi connectivity index (χ4v) is 0.788. The Balaban J connectivity index is 3.00. The number of hydrogen-bond donors (Lipinski definition) is 0. The maximum absolute atomic E-state index is 12.0. The summed E-state index contributed by atoms with van der Waals surface area (Å²) >= 11 is 5.10. The van der Waals surface area contributed by atoms with E-state index in [1.807, 2.05) is 0 Å².